The third-order valence-electron chi connectivity index (χ3n) is 5.63. The van der Waals surface area contributed by atoms with Crippen molar-refractivity contribution in [1.82, 2.24) is 9.21 Å². The Labute approximate surface area is 191 Å². The van der Waals surface area contributed by atoms with Crippen LogP contribution in [0.25, 0.3) is 0 Å². The van der Waals surface area contributed by atoms with Gasteiger partial charge in [0.15, 0.2) is 11.9 Å². The molecule has 2 heterocycles. The smallest absolute Gasteiger partial charge is 0.270 e. The number of Topliss-reactive ketones (excluding diaryl/α,β-unsaturated/α-hetero) is 1. The van der Waals surface area contributed by atoms with Gasteiger partial charge in [0.05, 0.1) is 30.2 Å². The highest BCUT2D eigenvalue weighted by molar-refractivity contribution is 7.89. The van der Waals surface area contributed by atoms with Crippen LogP contribution in [0, 0.1) is 0 Å². The molecule has 2 amide bonds. The van der Waals surface area contributed by atoms with E-state index in [-0.39, 0.29) is 29.1 Å². The topological polar surface area (TPSA) is 110 Å². The Hall–Kier alpha value is -3.08. The summed E-state index contributed by atoms with van der Waals surface area (Å²) in [5.41, 5.74) is 0.407. The summed E-state index contributed by atoms with van der Waals surface area (Å²) in [6.45, 7) is 2.49. The third kappa shape index (κ3) is 4.54. The zero-order valence-electron chi connectivity index (χ0n) is 18.1. The van der Waals surface area contributed by atoms with Crippen molar-refractivity contribution in [3.8, 4) is 5.75 Å². The number of morpholine rings is 1. The van der Waals surface area contributed by atoms with Crippen molar-refractivity contribution in [1.29, 1.82) is 0 Å². The Kier molecular flexibility index (Phi) is 6.59. The van der Waals surface area contributed by atoms with Gasteiger partial charge in [0.1, 0.15) is 5.75 Å². The molecule has 0 aliphatic carbocycles. The van der Waals surface area contributed by atoms with Gasteiger partial charge in [-0.2, -0.15) is 4.31 Å². The molecule has 0 N–H and O–H groups in total. The Morgan fingerprint density at radius 3 is 2.36 bits per heavy atom. The molecule has 10 heteroatoms. The van der Waals surface area contributed by atoms with Crippen molar-refractivity contribution < 1.29 is 32.3 Å². The maximum Gasteiger partial charge on any atom is 0.270 e. The summed E-state index contributed by atoms with van der Waals surface area (Å²) in [5, 5.41) is 0. The molecule has 174 valence electrons. The van der Waals surface area contributed by atoms with Crippen molar-refractivity contribution in [2.24, 2.45) is 0 Å². The van der Waals surface area contributed by atoms with E-state index in [1.54, 1.807) is 31.2 Å². The summed E-state index contributed by atoms with van der Waals surface area (Å²) >= 11 is 0. The molecule has 0 bridgehead atoms. The van der Waals surface area contributed by atoms with E-state index in [0.717, 1.165) is 4.90 Å². The number of sulfonamides is 1. The van der Waals surface area contributed by atoms with Crippen LogP contribution in [0.5, 0.6) is 5.75 Å². The van der Waals surface area contributed by atoms with E-state index in [2.05, 4.69) is 0 Å². The van der Waals surface area contributed by atoms with Gasteiger partial charge < -0.3 is 9.47 Å². The fraction of sp³-hybridized carbons (Fsp3) is 0.348. The number of carbonyl (C=O) groups excluding carboxylic acids is 3. The number of hydrogen-bond donors (Lipinski definition) is 0. The van der Waals surface area contributed by atoms with Crippen molar-refractivity contribution >= 4 is 27.6 Å². The van der Waals surface area contributed by atoms with Crippen LogP contribution >= 0.6 is 0 Å². The number of fused-ring (bicyclic) bond motifs is 1. The fourth-order valence-corrected chi connectivity index (χ4v) is 5.17. The van der Waals surface area contributed by atoms with Gasteiger partial charge in [0.2, 0.25) is 10.0 Å². The first kappa shape index (κ1) is 23.1. The number of hydrogen-bond acceptors (Lipinski definition) is 7. The Bertz CT molecular complexity index is 1170. The molecule has 2 aliphatic heterocycles. The lowest BCUT2D eigenvalue weighted by Gasteiger charge is -2.26. The minimum atomic E-state index is -3.69. The van der Waals surface area contributed by atoms with Gasteiger partial charge in [0.25, 0.3) is 11.8 Å². The number of imide groups is 1. The summed E-state index contributed by atoms with van der Waals surface area (Å²) in [7, 11) is -3.69. The molecule has 1 atom stereocenters. The maximum absolute atomic E-state index is 13.0. The molecular formula is C23H24N2O7S. The molecule has 2 aromatic rings. The normalized spacial score (nSPS) is 19.5. The number of amides is 2. The number of carbonyl (C=O) groups is 3. The monoisotopic (exact) mass is 472 g/mol. The van der Waals surface area contributed by atoms with E-state index >= 15 is 0 Å². The fourth-order valence-electron chi connectivity index (χ4n) is 3.76. The molecule has 1 fully saturated rings. The summed E-state index contributed by atoms with van der Waals surface area (Å²) in [5.74, 6) is -1.37. The van der Waals surface area contributed by atoms with Gasteiger partial charge >= 0.3 is 0 Å². The average Bonchev–Trinajstić information content (AvgIpc) is 2.94. The van der Waals surface area contributed by atoms with Crippen LogP contribution < -0.4 is 4.74 Å². The molecule has 0 spiro atoms. The molecule has 0 radical (unpaired) electrons. The largest absolute Gasteiger partial charge is 0.480 e. The van der Waals surface area contributed by atoms with E-state index in [1.807, 2.05) is 0 Å². The van der Waals surface area contributed by atoms with Crippen LogP contribution in [-0.4, -0.2) is 74.2 Å². The van der Waals surface area contributed by atoms with Crippen LogP contribution in [0.2, 0.25) is 0 Å². The van der Waals surface area contributed by atoms with Gasteiger partial charge in [-0.05, 0) is 42.8 Å². The zero-order valence-corrected chi connectivity index (χ0v) is 18.9. The standard InChI is InChI=1S/C23H24N2O7S/c1-2-20-23(28)25(22(27)18-5-3-4-6-21(18)32-20)15-19(26)16-7-9-17(10-8-16)33(29,30)24-11-13-31-14-12-24/h3-10,20H,2,11-15H2,1H3/t20-/m1/s1. The minimum absolute atomic E-state index is 0.0660. The van der Waals surface area contributed by atoms with Gasteiger partial charge in [-0.1, -0.05) is 19.1 Å². The van der Waals surface area contributed by atoms with Crippen molar-refractivity contribution in [2.45, 2.75) is 24.3 Å². The van der Waals surface area contributed by atoms with E-state index in [9.17, 15) is 22.8 Å². The molecule has 33 heavy (non-hydrogen) atoms. The molecule has 0 saturated carbocycles. The molecule has 0 unspecified atom stereocenters. The second-order valence-corrected chi connectivity index (χ2v) is 9.64. The Balaban J connectivity index is 1.55. The SMILES string of the molecule is CC[C@H]1Oc2ccccc2C(=O)N(CC(=O)c2ccc(S(=O)(=O)N3CCOCC3)cc2)C1=O. The van der Waals surface area contributed by atoms with Crippen LogP contribution in [0.3, 0.4) is 0 Å². The number of benzene rings is 2. The first-order valence-electron chi connectivity index (χ1n) is 10.7. The third-order valence-corrected chi connectivity index (χ3v) is 7.54. The van der Waals surface area contributed by atoms with Crippen molar-refractivity contribution in [2.75, 3.05) is 32.8 Å². The van der Waals surface area contributed by atoms with Gasteiger partial charge in [-0.3, -0.25) is 19.3 Å². The molecule has 0 aromatic heterocycles. The van der Waals surface area contributed by atoms with E-state index in [1.165, 1.54) is 28.6 Å². The Morgan fingerprint density at radius 1 is 1.03 bits per heavy atom. The molecule has 1 saturated heterocycles. The lowest BCUT2D eigenvalue weighted by molar-refractivity contribution is -0.135. The molecular weight excluding hydrogens is 448 g/mol. The molecule has 2 aromatic carbocycles. The molecule has 9 nitrogen and oxygen atoms in total. The summed E-state index contributed by atoms with van der Waals surface area (Å²) in [6.07, 6.45) is -0.550. The van der Waals surface area contributed by atoms with Crippen LogP contribution in [-0.2, 0) is 19.6 Å². The predicted octanol–water partition coefficient (Wildman–Crippen LogP) is 1.73. The second-order valence-electron chi connectivity index (χ2n) is 7.70. The quantitative estimate of drug-likeness (QED) is 0.465. The summed E-state index contributed by atoms with van der Waals surface area (Å²) in [4.78, 5) is 39.8. The summed E-state index contributed by atoms with van der Waals surface area (Å²) in [6, 6.07) is 12.0. The van der Waals surface area contributed by atoms with Crippen molar-refractivity contribution in [3.63, 3.8) is 0 Å². The van der Waals surface area contributed by atoms with Gasteiger partial charge in [-0.15, -0.1) is 0 Å². The minimum Gasteiger partial charge on any atom is -0.480 e. The highest BCUT2D eigenvalue weighted by atomic mass is 32.2. The molecule has 4 rings (SSSR count). The lowest BCUT2D eigenvalue weighted by Crippen LogP contribution is -2.45. The lowest BCUT2D eigenvalue weighted by atomic mass is 10.1. The first-order chi connectivity index (χ1) is 15.8. The van der Waals surface area contributed by atoms with E-state index in [4.69, 9.17) is 9.47 Å². The summed E-state index contributed by atoms with van der Waals surface area (Å²) < 4.78 is 37.8. The average molecular weight is 473 g/mol. The number of ketones is 1. The highest BCUT2D eigenvalue weighted by Crippen LogP contribution is 2.27. The number of ether oxygens (including phenoxy) is 2. The van der Waals surface area contributed by atoms with Crippen LogP contribution in [0.15, 0.2) is 53.4 Å². The van der Waals surface area contributed by atoms with Gasteiger partial charge in [-0.25, -0.2) is 8.42 Å². The molecule has 2 aliphatic rings. The predicted molar refractivity (Wildman–Crippen MR) is 118 cm³/mol. The maximum atomic E-state index is 13.0. The highest BCUT2D eigenvalue weighted by Gasteiger charge is 2.36. The van der Waals surface area contributed by atoms with E-state index < -0.39 is 40.3 Å². The van der Waals surface area contributed by atoms with Crippen molar-refractivity contribution in [3.05, 3.63) is 59.7 Å². The van der Waals surface area contributed by atoms with Gasteiger partial charge in [0, 0.05) is 18.7 Å². The number of nitrogens with zero attached hydrogens (tertiary/aromatic N) is 2. The second kappa shape index (κ2) is 9.42. The zero-order chi connectivity index (χ0) is 23.6. The van der Waals surface area contributed by atoms with Crippen LogP contribution in [0.4, 0.5) is 0 Å². The van der Waals surface area contributed by atoms with Crippen LogP contribution in [0.1, 0.15) is 34.1 Å². The van der Waals surface area contributed by atoms with E-state index in [0.29, 0.717) is 25.4 Å². The first-order valence-corrected chi connectivity index (χ1v) is 12.1. The Morgan fingerprint density at radius 2 is 1.70 bits per heavy atom. The number of para-hydroxylation sites is 1. The number of rotatable bonds is 6.